The Morgan fingerprint density at radius 2 is 2.10 bits per heavy atom. The van der Waals surface area contributed by atoms with Gasteiger partial charge in [0.2, 0.25) is 0 Å². The van der Waals surface area contributed by atoms with Crippen LogP contribution in [-0.4, -0.2) is 43.1 Å². The highest BCUT2D eigenvalue weighted by atomic mass is 35.5. The smallest absolute Gasteiger partial charge is 0.338 e. The number of rotatable bonds is 2. The van der Waals surface area contributed by atoms with E-state index in [1.165, 1.54) is 16.7 Å². The largest absolute Gasteiger partial charge is 0.416 e. The molecule has 1 unspecified atom stereocenters. The van der Waals surface area contributed by atoms with Crippen molar-refractivity contribution in [3.8, 4) is 0 Å². The van der Waals surface area contributed by atoms with E-state index in [2.05, 4.69) is 4.98 Å². The summed E-state index contributed by atoms with van der Waals surface area (Å²) in [4.78, 5) is 5.22. The molecule has 0 spiro atoms. The second kappa shape index (κ2) is 5.85. The van der Waals surface area contributed by atoms with Crippen molar-refractivity contribution >= 4 is 39.0 Å². The van der Waals surface area contributed by atoms with Crippen LogP contribution in [-0.2, 0) is 16.0 Å². The first-order valence-corrected chi connectivity index (χ1v) is 9.36. The maximum absolute atomic E-state index is 12.8. The Labute approximate surface area is 129 Å². The van der Waals surface area contributed by atoms with Gasteiger partial charge in [0.1, 0.15) is 16.3 Å². The lowest BCUT2D eigenvalue weighted by atomic mass is 10.2. The Bertz CT molecular complexity index is 637. The number of hydrogen-bond acceptors (Lipinski definition) is 5. The first-order valence-electron chi connectivity index (χ1n) is 5.87. The number of thioether (sulfide) groups is 1. The summed E-state index contributed by atoms with van der Waals surface area (Å²) >= 11 is 7.08. The highest BCUT2D eigenvalue weighted by Crippen LogP contribution is 2.34. The van der Waals surface area contributed by atoms with E-state index >= 15 is 0 Å². The van der Waals surface area contributed by atoms with Crippen molar-refractivity contribution < 1.29 is 21.6 Å². The summed E-state index contributed by atoms with van der Waals surface area (Å²) in [7, 11) is -3.44. The van der Waals surface area contributed by atoms with Crippen LogP contribution in [0.1, 0.15) is 5.56 Å². The first-order chi connectivity index (χ1) is 9.59. The summed E-state index contributed by atoms with van der Waals surface area (Å²) in [5.41, 5.74) is -0.942. The number of alkyl halides is 3. The first kappa shape index (κ1) is 16.7. The number of hydrogen-bond donors (Lipinski definition) is 0. The highest BCUT2D eigenvalue weighted by molar-refractivity contribution is 8.01. The lowest BCUT2D eigenvalue weighted by molar-refractivity contribution is -0.137. The van der Waals surface area contributed by atoms with Gasteiger partial charge in [-0.15, -0.1) is 0 Å². The Morgan fingerprint density at radius 1 is 1.43 bits per heavy atom. The van der Waals surface area contributed by atoms with Crippen molar-refractivity contribution in [3.05, 3.63) is 22.8 Å². The fraction of sp³-hybridized carbons (Fsp3) is 0.545. The van der Waals surface area contributed by atoms with E-state index in [9.17, 15) is 21.6 Å². The van der Waals surface area contributed by atoms with E-state index in [1.54, 1.807) is 0 Å². The van der Waals surface area contributed by atoms with E-state index in [-0.39, 0.29) is 16.7 Å². The highest BCUT2D eigenvalue weighted by Gasteiger charge is 2.35. The fourth-order valence-electron chi connectivity index (χ4n) is 1.99. The SMILES string of the molecule is CS(=O)(=O)C1CSCCN1c1cc(C(F)(F)F)cc(Cl)n1. The van der Waals surface area contributed by atoms with Crippen LogP contribution in [0.3, 0.4) is 0 Å². The molecule has 1 fully saturated rings. The lowest BCUT2D eigenvalue weighted by Crippen LogP contribution is -2.47. The third kappa shape index (κ3) is 3.95. The van der Waals surface area contributed by atoms with Crippen LogP contribution in [0, 0.1) is 0 Å². The molecule has 1 aliphatic rings. The number of aromatic nitrogens is 1. The number of sulfone groups is 1. The van der Waals surface area contributed by atoms with E-state index in [0.717, 1.165) is 18.4 Å². The molecule has 1 saturated heterocycles. The van der Waals surface area contributed by atoms with Crippen molar-refractivity contribution in [1.29, 1.82) is 0 Å². The van der Waals surface area contributed by atoms with Gasteiger partial charge in [0.25, 0.3) is 0 Å². The summed E-state index contributed by atoms with van der Waals surface area (Å²) in [5.74, 6) is 0.834. The monoisotopic (exact) mass is 360 g/mol. The molecule has 2 rings (SSSR count). The second-order valence-corrected chi connectivity index (χ2v) is 8.33. The molecule has 1 atom stereocenters. The maximum Gasteiger partial charge on any atom is 0.416 e. The zero-order chi connectivity index (χ0) is 15.8. The maximum atomic E-state index is 12.8. The van der Waals surface area contributed by atoms with Crippen LogP contribution in [0.2, 0.25) is 5.15 Å². The molecule has 0 N–H and O–H groups in total. The number of halogens is 4. The molecule has 4 nitrogen and oxygen atoms in total. The quantitative estimate of drug-likeness (QED) is 0.759. The molecule has 118 valence electrons. The average Bonchev–Trinajstić information content (AvgIpc) is 2.36. The molecule has 0 amide bonds. The van der Waals surface area contributed by atoms with Gasteiger partial charge < -0.3 is 4.90 Å². The molecule has 1 aromatic heterocycles. The van der Waals surface area contributed by atoms with Gasteiger partial charge in [0.05, 0.1) is 5.56 Å². The van der Waals surface area contributed by atoms with Gasteiger partial charge in [-0.3, -0.25) is 0 Å². The van der Waals surface area contributed by atoms with Crippen LogP contribution in [0.25, 0.3) is 0 Å². The molecule has 0 aromatic carbocycles. The van der Waals surface area contributed by atoms with Crippen LogP contribution in [0.4, 0.5) is 19.0 Å². The molecule has 1 aromatic rings. The summed E-state index contributed by atoms with van der Waals surface area (Å²) in [5, 5.41) is -1.21. The Balaban J connectivity index is 2.46. The van der Waals surface area contributed by atoms with Gasteiger partial charge in [-0.25, -0.2) is 13.4 Å². The predicted octanol–water partition coefficient (Wildman–Crippen LogP) is 2.68. The van der Waals surface area contributed by atoms with Crippen LogP contribution >= 0.6 is 23.4 Å². The van der Waals surface area contributed by atoms with Crippen molar-refractivity contribution in [2.24, 2.45) is 0 Å². The number of anilines is 1. The average molecular weight is 361 g/mol. The van der Waals surface area contributed by atoms with Gasteiger partial charge in [-0.05, 0) is 12.1 Å². The topological polar surface area (TPSA) is 50.3 Å². The normalized spacial score (nSPS) is 20.6. The Kier molecular flexibility index (Phi) is 4.65. The fourth-order valence-corrected chi connectivity index (χ4v) is 5.02. The van der Waals surface area contributed by atoms with E-state index in [0.29, 0.717) is 12.3 Å². The summed E-state index contributed by atoms with van der Waals surface area (Å²) < 4.78 is 62.1. The van der Waals surface area contributed by atoms with Crippen LogP contribution < -0.4 is 4.90 Å². The van der Waals surface area contributed by atoms with Crippen molar-refractivity contribution in [1.82, 2.24) is 4.98 Å². The Morgan fingerprint density at radius 3 is 2.67 bits per heavy atom. The Hall–Kier alpha value is -0.670. The van der Waals surface area contributed by atoms with Gasteiger partial charge in [0, 0.05) is 24.3 Å². The zero-order valence-corrected chi connectivity index (χ0v) is 13.3. The second-order valence-electron chi connectivity index (χ2n) is 4.59. The van der Waals surface area contributed by atoms with Crippen molar-refractivity contribution in [2.75, 3.05) is 29.2 Å². The summed E-state index contributed by atoms with van der Waals surface area (Å²) in [6, 6.07) is 1.55. The molecule has 21 heavy (non-hydrogen) atoms. The minimum Gasteiger partial charge on any atom is -0.338 e. The van der Waals surface area contributed by atoms with Gasteiger partial charge in [0.15, 0.2) is 9.84 Å². The molecular formula is C11H12ClF3N2O2S2. The molecule has 0 bridgehead atoms. The van der Waals surface area contributed by atoms with Crippen LogP contribution in [0.15, 0.2) is 12.1 Å². The van der Waals surface area contributed by atoms with E-state index < -0.39 is 27.0 Å². The van der Waals surface area contributed by atoms with Crippen molar-refractivity contribution in [2.45, 2.75) is 11.6 Å². The molecule has 2 heterocycles. The molecular weight excluding hydrogens is 349 g/mol. The molecule has 0 aliphatic carbocycles. The third-order valence-electron chi connectivity index (χ3n) is 2.98. The van der Waals surface area contributed by atoms with Crippen LogP contribution in [0.5, 0.6) is 0 Å². The third-order valence-corrected chi connectivity index (χ3v) is 5.82. The summed E-state index contributed by atoms with van der Waals surface area (Å²) in [6.07, 6.45) is -3.50. The number of pyridine rings is 1. The van der Waals surface area contributed by atoms with Gasteiger partial charge in [-0.1, -0.05) is 11.6 Å². The van der Waals surface area contributed by atoms with Crippen molar-refractivity contribution in [3.63, 3.8) is 0 Å². The summed E-state index contributed by atoms with van der Waals surface area (Å²) in [6.45, 7) is 0.299. The van der Waals surface area contributed by atoms with E-state index in [4.69, 9.17) is 11.6 Å². The standard InChI is InChI=1S/C11H12ClF3N2O2S2/c1-21(18,19)10-6-20-3-2-17(10)9-5-7(11(13,14)15)4-8(12)16-9/h4-5,10H,2-3,6H2,1H3. The predicted molar refractivity (Wildman–Crippen MR) is 77.6 cm³/mol. The van der Waals surface area contributed by atoms with Gasteiger partial charge in [-0.2, -0.15) is 24.9 Å². The minimum absolute atomic E-state index is 0.0643. The molecule has 1 aliphatic heterocycles. The van der Waals surface area contributed by atoms with E-state index in [1.807, 2.05) is 0 Å². The molecule has 10 heteroatoms. The lowest BCUT2D eigenvalue weighted by Gasteiger charge is -2.35. The number of nitrogens with zero attached hydrogens (tertiary/aromatic N) is 2. The van der Waals surface area contributed by atoms with Gasteiger partial charge >= 0.3 is 6.18 Å². The molecule has 0 saturated carbocycles. The zero-order valence-electron chi connectivity index (χ0n) is 10.9. The minimum atomic E-state index is -4.56. The molecule has 0 radical (unpaired) electrons.